The summed E-state index contributed by atoms with van der Waals surface area (Å²) < 4.78 is 56.2. The van der Waals surface area contributed by atoms with Crippen LogP contribution >= 0.6 is 0 Å². The molecule has 1 aromatic carbocycles. The normalized spacial score (nSPS) is 12.6. The molecule has 1 heterocycles. The maximum absolute atomic E-state index is 14.1. The number of hydrogen-bond acceptors (Lipinski definition) is 5. The van der Waals surface area contributed by atoms with E-state index in [9.17, 15) is 22.4 Å². The quantitative estimate of drug-likeness (QED) is 0.697. The molecule has 0 aliphatic heterocycles. The molecule has 0 saturated heterocycles. The number of ether oxygens (including phenoxy) is 1. The number of methoxy groups -OCH3 is 1. The summed E-state index contributed by atoms with van der Waals surface area (Å²) in [6, 6.07) is 5.58. The summed E-state index contributed by atoms with van der Waals surface area (Å²) in [7, 11) is 1.52. The van der Waals surface area contributed by atoms with E-state index in [4.69, 9.17) is 4.74 Å². The molecule has 6 nitrogen and oxygen atoms in total. The van der Waals surface area contributed by atoms with Crippen molar-refractivity contribution in [1.82, 2.24) is 15.3 Å². The fourth-order valence-corrected chi connectivity index (χ4v) is 2.33. The van der Waals surface area contributed by atoms with E-state index < -0.39 is 36.4 Å². The van der Waals surface area contributed by atoms with Crippen molar-refractivity contribution < 1.29 is 27.1 Å². The predicted octanol–water partition coefficient (Wildman–Crippen LogP) is 3.41. The molecule has 0 radical (unpaired) electrons. The van der Waals surface area contributed by atoms with Crippen molar-refractivity contribution in [3.05, 3.63) is 36.3 Å². The summed E-state index contributed by atoms with van der Waals surface area (Å²) in [6.45, 7) is 1.77. The summed E-state index contributed by atoms with van der Waals surface area (Å²) in [5, 5.41) is 4.38. The molecule has 2 N–H and O–H groups in total. The van der Waals surface area contributed by atoms with Crippen LogP contribution in [0.1, 0.15) is 13.8 Å². The van der Waals surface area contributed by atoms with Crippen molar-refractivity contribution in [1.29, 1.82) is 0 Å². The van der Waals surface area contributed by atoms with Gasteiger partial charge < -0.3 is 15.4 Å². The SMILES string of the molecule is COc1ccc(-c2ncc(F)c(N[C@@H](C(=O)NCC(F)(F)F)C(C)C)n2)cc1. The van der Waals surface area contributed by atoms with Gasteiger partial charge in [0, 0.05) is 5.56 Å². The topological polar surface area (TPSA) is 76.1 Å². The second-order valence-electron chi connectivity index (χ2n) is 6.32. The molecule has 1 atom stereocenters. The van der Waals surface area contributed by atoms with E-state index in [2.05, 4.69) is 15.3 Å². The number of carbonyl (C=O) groups excluding carboxylic acids is 1. The molecule has 1 aromatic heterocycles. The van der Waals surface area contributed by atoms with E-state index in [0.29, 0.717) is 11.3 Å². The smallest absolute Gasteiger partial charge is 0.405 e. The van der Waals surface area contributed by atoms with Gasteiger partial charge in [0.2, 0.25) is 5.91 Å². The van der Waals surface area contributed by atoms with Gasteiger partial charge in [-0.2, -0.15) is 13.2 Å². The van der Waals surface area contributed by atoms with Crippen LogP contribution < -0.4 is 15.4 Å². The average molecular weight is 400 g/mol. The first-order valence-corrected chi connectivity index (χ1v) is 8.38. The van der Waals surface area contributed by atoms with Gasteiger partial charge in [0.15, 0.2) is 17.5 Å². The van der Waals surface area contributed by atoms with Gasteiger partial charge in [-0.25, -0.2) is 14.4 Å². The lowest BCUT2D eigenvalue weighted by molar-refractivity contribution is -0.139. The molecule has 0 aliphatic rings. The van der Waals surface area contributed by atoms with Crippen molar-refractivity contribution in [2.75, 3.05) is 19.0 Å². The zero-order valence-corrected chi connectivity index (χ0v) is 15.5. The number of anilines is 1. The molecule has 1 amide bonds. The maximum Gasteiger partial charge on any atom is 0.405 e. The zero-order chi connectivity index (χ0) is 20.9. The molecule has 28 heavy (non-hydrogen) atoms. The molecule has 0 saturated carbocycles. The molecular formula is C18H20F4N4O2. The third kappa shape index (κ3) is 5.80. The van der Waals surface area contributed by atoms with Gasteiger partial charge >= 0.3 is 6.18 Å². The molecule has 0 bridgehead atoms. The van der Waals surface area contributed by atoms with Crippen molar-refractivity contribution in [3.8, 4) is 17.1 Å². The van der Waals surface area contributed by atoms with Gasteiger partial charge in [0.05, 0.1) is 13.3 Å². The minimum absolute atomic E-state index is 0.185. The number of halogens is 4. The van der Waals surface area contributed by atoms with Crippen LogP contribution in [0.4, 0.5) is 23.4 Å². The summed E-state index contributed by atoms with van der Waals surface area (Å²) in [5.41, 5.74) is 0.575. The van der Waals surface area contributed by atoms with Crippen LogP contribution in [-0.4, -0.2) is 41.7 Å². The lowest BCUT2D eigenvalue weighted by Crippen LogP contribution is -2.46. The Morgan fingerprint density at radius 2 is 1.86 bits per heavy atom. The molecule has 0 unspecified atom stereocenters. The summed E-state index contributed by atoms with van der Waals surface area (Å²) in [4.78, 5) is 20.1. The van der Waals surface area contributed by atoms with Gasteiger partial charge in [0.1, 0.15) is 18.3 Å². The minimum atomic E-state index is -4.54. The Hall–Kier alpha value is -2.91. The van der Waals surface area contributed by atoms with Crippen molar-refractivity contribution in [2.45, 2.75) is 26.1 Å². The third-order valence-corrected chi connectivity index (χ3v) is 3.80. The number of benzene rings is 1. The van der Waals surface area contributed by atoms with Crippen LogP contribution in [0.5, 0.6) is 5.75 Å². The number of alkyl halides is 3. The Kier molecular flexibility index (Phi) is 6.76. The van der Waals surface area contributed by atoms with E-state index in [1.807, 2.05) is 0 Å². The number of carbonyl (C=O) groups is 1. The van der Waals surface area contributed by atoms with Gasteiger partial charge in [-0.3, -0.25) is 4.79 Å². The minimum Gasteiger partial charge on any atom is -0.497 e. The summed E-state index contributed by atoms with van der Waals surface area (Å²) in [6.07, 6.45) is -3.61. The Bertz CT molecular complexity index is 810. The first-order valence-electron chi connectivity index (χ1n) is 8.38. The first-order chi connectivity index (χ1) is 13.1. The molecule has 2 aromatic rings. The van der Waals surface area contributed by atoms with E-state index in [-0.39, 0.29) is 11.6 Å². The maximum atomic E-state index is 14.1. The van der Waals surface area contributed by atoms with E-state index in [0.717, 1.165) is 6.20 Å². The summed E-state index contributed by atoms with van der Waals surface area (Å²) in [5.74, 6) is -1.63. The lowest BCUT2D eigenvalue weighted by atomic mass is 10.0. The number of nitrogens with one attached hydrogen (secondary N) is 2. The fraction of sp³-hybridized carbons (Fsp3) is 0.389. The first kappa shape index (κ1) is 21.4. The second-order valence-corrected chi connectivity index (χ2v) is 6.32. The number of nitrogens with zero attached hydrogens (tertiary/aromatic N) is 2. The molecular weight excluding hydrogens is 380 g/mol. The van der Waals surface area contributed by atoms with Crippen LogP contribution in [0.25, 0.3) is 11.4 Å². The monoisotopic (exact) mass is 400 g/mol. The summed E-state index contributed by atoms with van der Waals surface area (Å²) >= 11 is 0. The zero-order valence-electron chi connectivity index (χ0n) is 15.5. The molecule has 152 valence electrons. The van der Waals surface area contributed by atoms with Gasteiger partial charge in [-0.1, -0.05) is 13.8 Å². The average Bonchev–Trinajstić information content (AvgIpc) is 2.64. The van der Waals surface area contributed by atoms with Crippen LogP contribution in [-0.2, 0) is 4.79 Å². The van der Waals surface area contributed by atoms with Gasteiger partial charge in [-0.15, -0.1) is 0 Å². The van der Waals surface area contributed by atoms with E-state index in [1.165, 1.54) is 7.11 Å². The number of aromatic nitrogens is 2. The molecule has 10 heteroatoms. The largest absolute Gasteiger partial charge is 0.497 e. The highest BCUT2D eigenvalue weighted by Gasteiger charge is 2.31. The third-order valence-electron chi connectivity index (χ3n) is 3.80. The Balaban J connectivity index is 2.23. The number of hydrogen-bond donors (Lipinski definition) is 2. The fourth-order valence-electron chi connectivity index (χ4n) is 2.33. The van der Waals surface area contributed by atoms with Gasteiger partial charge in [0.25, 0.3) is 0 Å². The highest BCUT2D eigenvalue weighted by atomic mass is 19.4. The molecule has 0 fully saturated rings. The molecule has 2 rings (SSSR count). The van der Waals surface area contributed by atoms with Crippen LogP contribution in [0.3, 0.4) is 0 Å². The van der Waals surface area contributed by atoms with Crippen molar-refractivity contribution >= 4 is 11.7 Å². The Labute approximate surface area is 159 Å². The Morgan fingerprint density at radius 1 is 1.21 bits per heavy atom. The molecule has 0 aliphatic carbocycles. The Morgan fingerprint density at radius 3 is 2.39 bits per heavy atom. The highest BCUT2D eigenvalue weighted by molar-refractivity contribution is 5.84. The van der Waals surface area contributed by atoms with Crippen LogP contribution in [0.2, 0.25) is 0 Å². The predicted molar refractivity (Wildman–Crippen MR) is 95.3 cm³/mol. The molecule has 0 spiro atoms. The second kappa shape index (κ2) is 8.85. The standard InChI is InChI=1S/C18H20F4N4O2/c1-10(2)14(17(27)24-9-18(20,21)22)25-16-13(19)8-23-15(26-16)11-4-6-12(28-3)7-5-11/h4-8,10,14H,9H2,1-3H3,(H,24,27)(H,23,25,26)/t14-/m1/s1. The van der Waals surface area contributed by atoms with Crippen molar-refractivity contribution in [3.63, 3.8) is 0 Å². The van der Waals surface area contributed by atoms with Crippen LogP contribution in [0.15, 0.2) is 30.5 Å². The number of rotatable bonds is 7. The van der Waals surface area contributed by atoms with Gasteiger partial charge in [-0.05, 0) is 30.2 Å². The van der Waals surface area contributed by atoms with E-state index in [1.54, 1.807) is 43.4 Å². The van der Waals surface area contributed by atoms with Crippen LogP contribution in [0, 0.1) is 11.7 Å². The number of amides is 1. The van der Waals surface area contributed by atoms with E-state index >= 15 is 0 Å². The lowest BCUT2D eigenvalue weighted by Gasteiger charge is -2.23. The highest BCUT2D eigenvalue weighted by Crippen LogP contribution is 2.22. The van der Waals surface area contributed by atoms with Crippen molar-refractivity contribution in [2.24, 2.45) is 5.92 Å².